The summed E-state index contributed by atoms with van der Waals surface area (Å²) >= 11 is 0. The van der Waals surface area contributed by atoms with Crippen LogP contribution in [0.15, 0.2) is 0 Å². The van der Waals surface area contributed by atoms with Crippen LogP contribution in [0.25, 0.3) is 0 Å². The lowest BCUT2D eigenvalue weighted by Crippen LogP contribution is -2.35. The molecule has 0 radical (unpaired) electrons. The molecule has 0 bridgehead atoms. The van der Waals surface area contributed by atoms with E-state index < -0.39 is 0 Å². The summed E-state index contributed by atoms with van der Waals surface area (Å²) in [5.74, 6) is 0. The monoisotopic (exact) mass is 261 g/mol. The number of nitrogens with two attached hydrogens (primary N) is 2. The van der Waals surface area contributed by atoms with Gasteiger partial charge in [0.1, 0.15) is 0 Å². The molecule has 0 heterocycles. The second-order valence-corrected chi connectivity index (χ2v) is 2.83. The van der Waals surface area contributed by atoms with E-state index in [2.05, 4.69) is 16.0 Å². The Labute approximate surface area is 105 Å². The maximum Gasteiger partial charge on any atom is 0.00772 e. The van der Waals surface area contributed by atoms with Crippen LogP contribution in [0.1, 0.15) is 0 Å². The molecule has 0 spiro atoms. The fourth-order valence-corrected chi connectivity index (χ4v) is 0.933. The van der Waals surface area contributed by atoms with Crippen LogP contribution in [0, 0.1) is 0 Å². The summed E-state index contributed by atoms with van der Waals surface area (Å²) < 4.78 is 0. The molecule has 7 N–H and O–H groups in total. The van der Waals surface area contributed by atoms with Gasteiger partial charge in [0.05, 0.1) is 0 Å². The molecule has 96 valence electrons. The second kappa shape index (κ2) is 19.9. The molecule has 0 saturated carbocycles. The minimum absolute atomic E-state index is 0. The van der Waals surface area contributed by atoms with Crippen molar-refractivity contribution < 1.29 is 0 Å². The van der Waals surface area contributed by atoms with E-state index in [0.29, 0.717) is 13.1 Å². The molecule has 0 unspecified atom stereocenters. The van der Waals surface area contributed by atoms with Gasteiger partial charge in [0, 0.05) is 52.4 Å². The van der Waals surface area contributed by atoms with Crippen molar-refractivity contribution in [2.45, 2.75) is 0 Å². The van der Waals surface area contributed by atoms with Crippen LogP contribution in [0.5, 0.6) is 0 Å². The Morgan fingerprint density at radius 1 is 0.533 bits per heavy atom. The third kappa shape index (κ3) is 20.5. The molecular formula is C8H25Cl2N5. The number of halogens is 2. The molecule has 0 aromatic carbocycles. The van der Waals surface area contributed by atoms with Gasteiger partial charge in [0.25, 0.3) is 0 Å². The fraction of sp³-hybridized carbons (Fsp3) is 1.00. The third-order valence-electron chi connectivity index (χ3n) is 1.60. The molecule has 5 nitrogen and oxygen atoms in total. The van der Waals surface area contributed by atoms with Crippen LogP contribution in [0.3, 0.4) is 0 Å². The number of nitrogens with one attached hydrogen (secondary N) is 3. The minimum Gasteiger partial charge on any atom is -0.329 e. The number of hydrogen-bond donors (Lipinski definition) is 5. The van der Waals surface area contributed by atoms with Crippen LogP contribution in [-0.4, -0.2) is 52.4 Å². The lowest BCUT2D eigenvalue weighted by molar-refractivity contribution is 0.586. The first-order valence-electron chi connectivity index (χ1n) is 4.94. The van der Waals surface area contributed by atoms with Crippen molar-refractivity contribution in [3.8, 4) is 0 Å². The van der Waals surface area contributed by atoms with Crippen molar-refractivity contribution in [1.82, 2.24) is 16.0 Å². The normalized spacial score (nSPS) is 9.20. The first-order chi connectivity index (χ1) is 6.41. The molecule has 0 atom stereocenters. The van der Waals surface area contributed by atoms with Gasteiger partial charge in [0.2, 0.25) is 0 Å². The average Bonchev–Trinajstić information content (AvgIpc) is 2.16. The van der Waals surface area contributed by atoms with E-state index in [1.807, 2.05) is 0 Å². The van der Waals surface area contributed by atoms with Gasteiger partial charge in [-0.05, 0) is 0 Å². The molecule has 0 aromatic rings. The van der Waals surface area contributed by atoms with E-state index in [1.54, 1.807) is 0 Å². The zero-order chi connectivity index (χ0) is 9.78. The van der Waals surface area contributed by atoms with Crippen molar-refractivity contribution in [3.63, 3.8) is 0 Å². The predicted octanol–water partition coefficient (Wildman–Crippen LogP) is -1.48. The van der Waals surface area contributed by atoms with Gasteiger partial charge in [-0.3, -0.25) is 0 Å². The van der Waals surface area contributed by atoms with Gasteiger partial charge in [-0.2, -0.15) is 0 Å². The van der Waals surface area contributed by atoms with Crippen molar-refractivity contribution in [2.24, 2.45) is 11.5 Å². The zero-order valence-corrected chi connectivity index (χ0v) is 10.8. The highest BCUT2D eigenvalue weighted by Gasteiger charge is 1.87. The third-order valence-corrected chi connectivity index (χ3v) is 1.60. The molecule has 0 amide bonds. The Hall–Kier alpha value is 0.380. The summed E-state index contributed by atoms with van der Waals surface area (Å²) in [5.41, 5.74) is 10.6. The largest absolute Gasteiger partial charge is 0.329 e. The highest BCUT2D eigenvalue weighted by Crippen LogP contribution is 1.60. The van der Waals surface area contributed by atoms with Gasteiger partial charge in [0.15, 0.2) is 0 Å². The molecule has 7 heteroatoms. The molecule has 0 aliphatic heterocycles. The summed E-state index contributed by atoms with van der Waals surface area (Å²) in [6.45, 7) is 7.15. The summed E-state index contributed by atoms with van der Waals surface area (Å²) in [7, 11) is 0. The van der Waals surface area contributed by atoms with Crippen molar-refractivity contribution >= 4 is 24.8 Å². The number of hydrogen-bond acceptors (Lipinski definition) is 5. The molecule has 0 aromatic heterocycles. The molecule has 0 saturated heterocycles. The van der Waals surface area contributed by atoms with Crippen LogP contribution < -0.4 is 27.4 Å². The van der Waals surface area contributed by atoms with Crippen LogP contribution >= 0.6 is 24.8 Å². The van der Waals surface area contributed by atoms with Crippen LogP contribution in [0.4, 0.5) is 0 Å². The molecule has 15 heavy (non-hydrogen) atoms. The van der Waals surface area contributed by atoms with E-state index in [-0.39, 0.29) is 24.8 Å². The highest BCUT2D eigenvalue weighted by atomic mass is 35.5. The lowest BCUT2D eigenvalue weighted by atomic mass is 10.5. The van der Waals surface area contributed by atoms with E-state index in [1.165, 1.54) is 0 Å². The fourth-order valence-electron chi connectivity index (χ4n) is 0.933. The van der Waals surface area contributed by atoms with Crippen molar-refractivity contribution in [3.05, 3.63) is 0 Å². The number of rotatable bonds is 10. The van der Waals surface area contributed by atoms with Gasteiger partial charge in [-0.25, -0.2) is 0 Å². The average molecular weight is 262 g/mol. The molecule has 0 fully saturated rings. The van der Waals surface area contributed by atoms with E-state index in [0.717, 1.165) is 39.3 Å². The Bertz CT molecular complexity index is 87.1. The Morgan fingerprint density at radius 3 is 1.07 bits per heavy atom. The summed E-state index contributed by atoms with van der Waals surface area (Å²) in [6.07, 6.45) is 0. The van der Waals surface area contributed by atoms with E-state index >= 15 is 0 Å². The quantitative estimate of drug-likeness (QED) is 0.310. The predicted molar refractivity (Wildman–Crippen MR) is 71.2 cm³/mol. The highest BCUT2D eigenvalue weighted by molar-refractivity contribution is 5.85. The smallest absolute Gasteiger partial charge is 0.00772 e. The SMILES string of the molecule is Cl.Cl.NCCNCCNCCNCCN. The topological polar surface area (TPSA) is 88.1 Å². The zero-order valence-electron chi connectivity index (χ0n) is 9.13. The van der Waals surface area contributed by atoms with Gasteiger partial charge in [-0.15, -0.1) is 24.8 Å². The minimum atomic E-state index is 0. The molecular weight excluding hydrogens is 237 g/mol. The Morgan fingerprint density at radius 2 is 0.800 bits per heavy atom. The van der Waals surface area contributed by atoms with Crippen molar-refractivity contribution in [2.75, 3.05) is 52.4 Å². The summed E-state index contributed by atoms with van der Waals surface area (Å²) in [4.78, 5) is 0. The molecule has 0 aliphatic rings. The van der Waals surface area contributed by atoms with Crippen LogP contribution in [0.2, 0.25) is 0 Å². The maximum atomic E-state index is 5.32. The molecule has 0 aliphatic carbocycles. The molecule has 0 rings (SSSR count). The van der Waals surface area contributed by atoms with E-state index in [4.69, 9.17) is 11.5 Å². The van der Waals surface area contributed by atoms with Gasteiger partial charge < -0.3 is 27.4 Å². The first kappa shape index (κ1) is 20.8. The maximum absolute atomic E-state index is 5.32. The van der Waals surface area contributed by atoms with Crippen LogP contribution in [-0.2, 0) is 0 Å². The Kier molecular flexibility index (Phi) is 27.5. The first-order valence-corrected chi connectivity index (χ1v) is 4.94. The lowest BCUT2D eigenvalue weighted by Gasteiger charge is -2.06. The standard InChI is InChI=1S/C8H23N5.2ClH/c9-1-3-11-5-7-13-8-6-12-4-2-10;;/h11-13H,1-10H2;2*1H. The van der Waals surface area contributed by atoms with Crippen molar-refractivity contribution in [1.29, 1.82) is 0 Å². The second-order valence-electron chi connectivity index (χ2n) is 2.83. The Balaban J connectivity index is -0.000000720. The van der Waals surface area contributed by atoms with Gasteiger partial charge in [-0.1, -0.05) is 0 Å². The van der Waals surface area contributed by atoms with E-state index in [9.17, 15) is 0 Å². The summed E-state index contributed by atoms with van der Waals surface area (Å²) in [6, 6.07) is 0. The summed E-state index contributed by atoms with van der Waals surface area (Å²) in [5, 5.41) is 9.71. The van der Waals surface area contributed by atoms with Gasteiger partial charge >= 0.3 is 0 Å².